The van der Waals surface area contributed by atoms with Gasteiger partial charge in [0.05, 0.1) is 5.69 Å². The van der Waals surface area contributed by atoms with Crippen molar-refractivity contribution >= 4 is 21.9 Å². The molecule has 2 rings (SSSR count). The van der Waals surface area contributed by atoms with Crippen molar-refractivity contribution in [1.82, 2.24) is 9.78 Å². The number of carboxylic acid groups (broad SMARTS) is 1. The van der Waals surface area contributed by atoms with E-state index in [4.69, 9.17) is 5.11 Å². The van der Waals surface area contributed by atoms with E-state index in [1.165, 1.54) is 0 Å². The largest absolute Gasteiger partial charge is 0.476 e. The van der Waals surface area contributed by atoms with Crippen LogP contribution in [0, 0.1) is 13.8 Å². The predicted octanol–water partition coefficient (Wildman–Crippen LogP) is 2.95. The summed E-state index contributed by atoms with van der Waals surface area (Å²) in [5, 5.41) is 13.0. The second-order valence-electron chi connectivity index (χ2n) is 3.87. The molecule has 4 nitrogen and oxygen atoms in total. The molecule has 2 aromatic rings. The van der Waals surface area contributed by atoms with Crippen LogP contribution in [0.25, 0.3) is 5.69 Å². The second kappa shape index (κ2) is 4.33. The summed E-state index contributed by atoms with van der Waals surface area (Å²) >= 11 is 3.43. The quantitative estimate of drug-likeness (QED) is 0.926. The van der Waals surface area contributed by atoms with Gasteiger partial charge < -0.3 is 5.11 Å². The number of hydrogen-bond acceptors (Lipinski definition) is 2. The first-order valence-electron chi connectivity index (χ1n) is 5.05. The number of aryl methyl sites for hydroxylation is 2. The Labute approximate surface area is 107 Å². The maximum Gasteiger partial charge on any atom is 0.356 e. The van der Waals surface area contributed by atoms with E-state index in [1.54, 1.807) is 17.8 Å². The number of carboxylic acids is 1. The monoisotopic (exact) mass is 294 g/mol. The standard InChI is InChI=1S/C12H11BrN2O2/c1-7-3-4-9(13)10(5-7)15-6-8(2)11(14-15)12(16)17/h3-6H,1-2H3,(H,16,17). The van der Waals surface area contributed by atoms with Gasteiger partial charge in [0.2, 0.25) is 0 Å². The maximum atomic E-state index is 10.9. The van der Waals surface area contributed by atoms with Gasteiger partial charge in [-0.1, -0.05) is 6.07 Å². The highest BCUT2D eigenvalue weighted by Crippen LogP contribution is 2.22. The highest BCUT2D eigenvalue weighted by Gasteiger charge is 2.14. The summed E-state index contributed by atoms with van der Waals surface area (Å²) in [6, 6.07) is 5.84. The highest BCUT2D eigenvalue weighted by atomic mass is 79.9. The Morgan fingerprint density at radius 3 is 2.71 bits per heavy atom. The molecule has 0 amide bonds. The van der Waals surface area contributed by atoms with Gasteiger partial charge in [-0.3, -0.25) is 0 Å². The van der Waals surface area contributed by atoms with Gasteiger partial charge in [0.25, 0.3) is 0 Å². The molecule has 88 valence electrons. The number of carbonyl (C=O) groups is 1. The van der Waals surface area contributed by atoms with E-state index in [2.05, 4.69) is 21.0 Å². The van der Waals surface area contributed by atoms with Crippen LogP contribution in [0.5, 0.6) is 0 Å². The summed E-state index contributed by atoms with van der Waals surface area (Å²) in [6.45, 7) is 3.71. The van der Waals surface area contributed by atoms with E-state index < -0.39 is 5.97 Å². The van der Waals surface area contributed by atoms with E-state index >= 15 is 0 Å². The number of hydrogen-bond donors (Lipinski definition) is 1. The van der Waals surface area contributed by atoms with Crippen molar-refractivity contribution in [3.05, 3.63) is 45.7 Å². The van der Waals surface area contributed by atoms with Crippen molar-refractivity contribution in [2.75, 3.05) is 0 Å². The van der Waals surface area contributed by atoms with Gasteiger partial charge in [0.1, 0.15) is 0 Å². The van der Waals surface area contributed by atoms with Crippen LogP contribution in [0.1, 0.15) is 21.6 Å². The lowest BCUT2D eigenvalue weighted by molar-refractivity contribution is 0.0689. The number of halogens is 1. The summed E-state index contributed by atoms with van der Waals surface area (Å²) in [5.41, 5.74) is 2.65. The maximum absolute atomic E-state index is 10.9. The van der Waals surface area contributed by atoms with Gasteiger partial charge >= 0.3 is 5.97 Å². The minimum Gasteiger partial charge on any atom is -0.476 e. The third-order valence-corrected chi connectivity index (χ3v) is 3.12. The van der Waals surface area contributed by atoms with Crippen LogP contribution in [0.4, 0.5) is 0 Å². The fourth-order valence-electron chi connectivity index (χ4n) is 1.59. The van der Waals surface area contributed by atoms with Gasteiger partial charge in [-0.2, -0.15) is 5.10 Å². The molecule has 0 bridgehead atoms. The minimum absolute atomic E-state index is 0.0819. The van der Waals surface area contributed by atoms with Gasteiger partial charge in [0, 0.05) is 16.2 Å². The molecule has 0 spiro atoms. The van der Waals surface area contributed by atoms with E-state index in [-0.39, 0.29) is 5.69 Å². The van der Waals surface area contributed by atoms with Crippen LogP contribution < -0.4 is 0 Å². The Bertz CT molecular complexity index is 590. The summed E-state index contributed by atoms with van der Waals surface area (Å²) in [4.78, 5) is 10.9. The fourth-order valence-corrected chi connectivity index (χ4v) is 2.02. The summed E-state index contributed by atoms with van der Waals surface area (Å²) in [6.07, 6.45) is 1.71. The topological polar surface area (TPSA) is 55.1 Å². The van der Waals surface area contributed by atoms with Gasteiger partial charge in [-0.25, -0.2) is 9.48 Å². The van der Waals surface area contributed by atoms with Crippen LogP contribution in [-0.2, 0) is 0 Å². The molecule has 1 aromatic carbocycles. The first kappa shape index (κ1) is 11.9. The van der Waals surface area contributed by atoms with Crippen molar-refractivity contribution in [2.24, 2.45) is 0 Å². The van der Waals surface area contributed by atoms with E-state index in [0.717, 1.165) is 15.7 Å². The summed E-state index contributed by atoms with van der Waals surface area (Å²) in [5.74, 6) is -1.01. The lowest BCUT2D eigenvalue weighted by Gasteiger charge is -2.05. The number of nitrogens with zero attached hydrogens (tertiary/aromatic N) is 2. The van der Waals surface area contributed by atoms with Crippen LogP contribution in [0.15, 0.2) is 28.9 Å². The molecule has 1 aromatic heterocycles. The molecular weight excluding hydrogens is 284 g/mol. The third kappa shape index (κ3) is 2.24. The predicted molar refractivity (Wildman–Crippen MR) is 67.7 cm³/mol. The van der Waals surface area contributed by atoms with E-state index in [1.807, 2.05) is 25.1 Å². The Kier molecular flexibility index (Phi) is 3.02. The molecule has 0 saturated carbocycles. The molecule has 17 heavy (non-hydrogen) atoms. The molecule has 0 unspecified atom stereocenters. The summed E-state index contributed by atoms with van der Waals surface area (Å²) in [7, 11) is 0. The molecule has 0 atom stereocenters. The van der Waals surface area contributed by atoms with Crippen molar-refractivity contribution in [2.45, 2.75) is 13.8 Å². The lowest BCUT2D eigenvalue weighted by Crippen LogP contribution is -2.02. The molecule has 0 aliphatic carbocycles. The molecular formula is C12H11BrN2O2. The Hall–Kier alpha value is -1.62. The molecule has 0 aliphatic rings. The molecule has 0 radical (unpaired) electrons. The van der Waals surface area contributed by atoms with Crippen LogP contribution in [0.3, 0.4) is 0 Å². The Balaban J connectivity index is 2.57. The molecule has 0 saturated heterocycles. The molecule has 5 heteroatoms. The van der Waals surface area contributed by atoms with Crippen molar-refractivity contribution in [3.63, 3.8) is 0 Å². The lowest BCUT2D eigenvalue weighted by atomic mass is 10.2. The SMILES string of the molecule is Cc1ccc(Br)c(-n2cc(C)c(C(=O)O)n2)c1. The average molecular weight is 295 g/mol. The molecule has 1 heterocycles. The average Bonchev–Trinajstić information content (AvgIpc) is 2.64. The van der Waals surface area contributed by atoms with Gasteiger partial charge in [-0.15, -0.1) is 0 Å². The molecule has 1 N–H and O–H groups in total. The molecule has 0 fully saturated rings. The van der Waals surface area contributed by atoms with E-state index in [9.17, 15) is 4.79 Å². The number of rotatable bonds is 2. The minimum atomic E-state index is -1.01. The van der Waals surface area contributed by atoms with Crippen LogP contribution in [0.2, 0.25) is 0 Å². The van der Waals surface area contributed by atoms with E-state index in [0.29, 0.717) is 5.56 Å². The van der Waals surface area contributed by atoms with Gasteiger partial charge in [0.15, 0.2) is 5.69 Å². The zero-order chi connectivity index (χ0) is 12.6. The number of aromatic carboxylic acids is 1. The van der Waals surface area contributed by atoms with Gasteiger partial charge in [-0.05, 0) is 47.5 Å². The smallest absolute Gasteiger partial charge is 0.356 e. The molecule has 0 aliphatic heterocycles. The number of aromatic nitrogens is 2. The summed E-state index contributed by atoms with van der Waals surface area (Å²) < 4.78 is 2.46. The van der Waals surface area contributed by atoms with Crippen molar-refractivity contribution in [3.8, 4) is 5.69 Å². The first-order valence-corrected chi connectivity index (χ1v) is 5.84. The zero-order valence-corrected chi connectivity index (χ0v) is 11.0. The Morgan fingerprint density at radius 2 is 2.12 bits per heavy atom. The highest BCUT2D eigenvalue weighted by molar-refractivity contribution is 9.10. The zero-order valence-electron chi connectivity index (χ0n) is 9.44. The van der Waals surface area contributed by atoms with Crippen molar-refractivity contribution in [1.29, 1.82) is 0 Å². The normalized spacial score (nSPS) is 10.5. The van der Waals surface area contributed by atoms with Crippen LogP contribution in [-0.4, -0.2) is 20.9 Å². The Morgan fingerprint density at radius 1 is 1.41 bits per heavy atom. The third-order valence-electron chi connectivity index (χ3n) is 2.45. The number of benzene rings is 1. The fraction of sp³-hybridized carbons (Fsp3) is 0.167. The van der Waals surface area contributed by atoms with Crippen LogP contribution >= 0.6 is 15.9 Å². The van der Waals surface area contributed by atoms with Crippen molar-refractivity contribution < 1.29 is 9.90 Å². The second-order valence-corrected chi connectivity index (χ2v) is 4.72. The first-order chi connectivity index (χ1) is 7.99.